The van der Waals surface area contributed by atoms with E-state index in [9.17, 15) is 4.79 Å². The molecule has 0 atom stereocenters. The molecule has 0 amide bonds. The average molecular weight is 353 g/mol. The van der Waals surface area contributed by atoms with Gasteiger partial charge >= 0.3 is 0 Å². The standard InChI is InChI=1S/C21H15N5O/c1-12-4-6-16(24-12)19-18(25-20-17(27)8-10-23-21(20)26-19)14-5-7-15-13(11-14)3-2-9-22-15/h2-11,24H,1H3,(H,23,26,27). The highest BCUT2D eigenvalue weighted by Crippen LogP contribution is 2.31. The maximum Gasteiger partial charge on any atom is 0.209 e. The molecule has 5 aromatic rings. The summed E-state index contributed by atoms with van der Waals surface area (Å²) in [5.41, 5.74) is 5.67. The summed E-state index contributed by atoms with van der Waals surface area (Å²) in [7, 11) is 0. The van der Waals surface area contributed by atoms with Crippen LogP contribution in [0.3, 0.4) is 0 Å². The van der Waals surface area contributed by atoms with E-state index in [1.807, 2.05) is 49.4 Å². The molecule has 6 heteroatoms. The molecule has 0 bridgehead atoms. The number of aromatic amines is 2. The molecule has 0 aliphatic carbocycles. The van der Waals surface area contributed by atoms with Gasteiger partial charge in [0, 0.05) is 35.1 Å². The first kappa shape index (κ1) is 15.5. The van der Waals surface area contributed by atoms with Gasteiger partial charge in [0.25, 0.3) is 0 Å². The number of H-pyrrole nitrogens is 2. The number of fused-ring (bicyclic) bond motifs is 2. The summed E-state index contributed by atoms with van der Waals surface area (Å²) >= 11 is 0. The molecule has 5 rings (SSSR count). The summed E-state index contributed by atoms with van der Waals surface area (Å²) in [4.78, 5) is 32.4. The first-order chi connectivity index (χ1) is 13.2. The molecule has 0 saturated heterocycles. The van der Waals surface area contributed by atoms with Crippen molar-refractivity contribution in [1.29, 1.82) is 0 Å². The monoisotopic (exact) mass is 353 g/mol. The summed E-state index contributed by atoms with van der Waals surface area (Å²) in [6.45, 7) is 1.99. The number of hydrogen-bond donors (Lipinski definition) is 2. The Labute approximate surface area is 154 Å². The van der Waals surface area contributed by atoms with Crippen LogP contribution in [0.4, 0.5) is 0 Å². The van der Waals surface area contributed by atoms with Crippen LogP contribution in [-0.4, -0.2) is 24.9 Å². The van der Waals surface area contributed by atoms with Gasteiger partial charge in [-0.05, 0) is 37.3 Å². The molecule has 4 heterocycles. The van der Waals surface area contributed by atoms with E-state index >= 15 is 0 Å². The van der Waals surface area contributed by atoms with E-state index in [0.29, 0.717) is 22.6 Å². The van der Waals surface area contributed by atoms with Crippen LogP contribution >= 0.6 is 0 Å². The van der Waals surface area contributed by atoms with E-state index < -0.39 is 0 Å². The molecule has 0 radical (unpaired) electrons. The second-order valence-electron chi connectivity index (χ2n) is 6.43. The topological polar surface area (TPSA) is 87.3 Å². The Morgan fingerprint density at radius 1 is 0.963 bits per heavy atom. The quantitative estimate of drug-likeness (QED) is 0.505. The van der Waals surface area contributed by atoms with E-state index in [1.54, 1.807) is 12.4 Å². The van der Waals surface area contributed by atoms with Crippen molar-refractivity contribution < 1.29 is 0 Å². The van der Waals surface area contributed by atoms with Gasteiger partial charge in [0.1, 0.15) is 5.69 Å². The van der Waals surface area contributed by atoms with E-state index in [-0.39, 0.29) is 5.43 Å². The lowest BCUT2D eigenvalue weighted by Crippen LogP contribution is -2.06. The third kappa shape index (κ3) is 2.58. The number of pyridine rings is 2. The maximum atomic E-state index is 12.3. The fraction of sp³-hybridized carbons (Fsp3) is 0.0476. The number of aromatic nitrogens is 5. The first-order valence-corrected chi connectivity index (χ1v) is 8.60. The molecule has 0 saturated carbocycles. The van der Waals surface area contributed by atoms with Crippen LogP contribution in [0, 0.1) is 6.92 Å². The van der Waals surface area contributed by atoms with Crippen molar-refractivity contribution in [2.24, 2.45) is 0 Å². The number of aryl methyl sites for hydroxylation is 1. The van der Waals surface area contributed by atoms with Crippen molar-refractivity contribution in [2.75, 3.05) is 0 Å². The summed E-state index contributed by atoms with van der Waals surface area (Å²) in [6, 6.07) is 15.3. The molecule has 130 valence electrons. The molecule has 6 nitrogen and oxygen atoms in total. The fourth-order valence-electron chi connectivity index (χ4n) is 3.24. The number of nitrogens with one attached hydrogen (secondary N) is 2. The molecule has 0 aliphatic rings. The van der Waals surface area contributed by atoms with Crippen LogP contribution in [0.2, 0.25) is 0 Å². The van der Waals surface area contributed by atoms with Crippen molar-refractivity contribution >= 4 is 22.1 Å². The predicted molar refractivity (Wildman–Crippen MR) is 105 cm³/mol. The highest BCUT2D eigenvalue weighted by atomic mass is 16.1. The van der Waals surface area contributed by atoms with Gasteiger partial charge in [0.15, 0.2) is 11.2 Å². The molecule has 0 fully saturated rings. The highest BCUT2D eigenvalue weighted by molar-refractivity contribution is 5.89. The van der Waals surface area contributed by atoms with Gasteiger partial charge < -0.3 is 9.97 Å². The van der Waals surface area contributed by atoms with Gasteiger partial charge in [0.2, 0.25) is 5.43 Å². The molecule has 0 spiro atoms. The van der Waals surface area contributed by atoms with Crippen molar-refractivity contribution in [3.8, 4) is 22.6 Å². The Morgan fingerprint density at radius 2 is 1.89 bits per heavy atom. The van der Waals surface area contributed by atoms with Crippen LogP contribution in [0.25, 0.3) is 44.7 Å². The van der Waals surface area contributed by atoms with Crippen molar-refractivity contribution in [1.82, 2.24) is 24.9 Å². The molecule has 0 unspecified atom stereocenters. The van der Waals surface area contributed by atoms with Gasteiger partial charge in [0.05, 0.1) is 16.9 Å². The molecule has 0 aliphatic heterocycles. The average Bonchev–Trinajstić information content (AvgIpc) is 3.13. The molecular weight excluding hydrogens is 338 g/mol. The maximum absolute atomic E-state index is 12.3. The summed E-state index contributed by atoms with van der Waals surface area (Å²) in [6.07, 6.45) is 3.36. The van der Waals surface area contributed by atoms with Crippen LogP contribution < -0.4 is 5.43 Å². The Kier molecular flexibility index (Phi) is 3.36. The predicted octanol–water partition coefficient (Wildman–Crippen LogP) is 3.84. The van der Waals surface area contributed by atoms with E-state index in [0.717, 1.165) is 27.9 Å². The minimum absolute atomic E-state index is 0.158. The summed E-state index contributed by atoms with van der Waals surface area (Å²) in [5.74, 6) is 0. The molecule has 2 N–H and O–H groups in total. The third-order valence-electron chi connectivity index (χ3n) is 4.55. The van der Waals surface area contributed by atoms with Gasteiger partial charge in [-0.1, -0.05) is 12.1 Å². The fourth-order valence-corrected chi connectivity index (χ4v) is 3.24. The lowest BCUT2D eigenvalue weighted by molar-refractivity contribution is 1.19. The second-order valence-corrected chi connectivity index (χ2v) is 6.43. The largest absolute Gasteiger partial charge is 0.357 e. The third-order valence-corrected chi connectivity index (χ3v) is 4.55. The van der Waals surface area contributed by atoms with Gasteiger partial charge in [-0.15, -0.1) is 0 Å². The van der Waals surface area contributed by atoms with Gasteiger partial charge in [-0.3, -0.25) is 9.78 Å². The Hall–Kier alpha value is -3.80. The summed E-state index contributed by atoms with van der Waals surface area (Å²) in [5, 5.41) is 1.01. The van der Waals surface area contributed by atoms with Crippen LogP contribution in [0.5, 0.6) is 0 Å². The molecular formula is C21H15N5O. The zero-order chi connectivity index (χ0) is 18.4. The normalized spacial score (nSPS) is 11.3. The van der Waals surface area contributed by atoms with E-state index in [4.69, 9.17) is 9.97 Å². The van der Waals surface area contributed by atoms with Crippen LogP contribution in [0.1, 0.15) is 5.69 Å². The first-order valence-electron chi connectivity index (χ1n) is 8.60. The SMILES string of the molecule is Cc1ccc(-c2nc3[nH]ccc(=O)c3nc2-c2ccc3ncccc3c2)[nH]1. The van der Waals surface area contributed by atoms with Gasteiger partial charge in [-0.25, -0.2) is 9.97 Å². The zero-order valence-electron chi connectivity index (χ0n) is 14.5. The minimum atomic E-state index is -0.158. The Bertz CT molecular complexity index is 1370. The summed E-state index contributed by atoms with van der Waals surface area (Å²) < 4.78 is 0. The lowest BCUT2D eigenvalue weighted by atomic mass is 10.0. The highest BCUT2D eigenvalue weighted by Gasteiger charge is 2.16. The van der Waals surface area contributed by atoms with E-state index in [2.05, 4.69) is 15.0 Å². The minimum Gasteiger partial charge on any atom is -0.357 e. The Morgan fingerprint density at radius 3 is 2.74 bits per heavy atom. The zero-order valence-corrected chi connectivity index (χ0v) is 14.5. The van der Waals surface area contributed by atoms with Crippen LogP contribution in [0.15, 0.2) is 65.7 Å². The number of nitrogens with zero attached hydrogens (tertiary/aromatic N) is 3. The Balaban J connectivity index is 1.85. The molecule has 1 aromatic carbocycles. The van der Waals surface area contributed by atoms with Crippen molar-refractivity contribution in [2.45, 2.75) is 6.92 Å². The van der Waals surface area contributed by atoms with Crippen molar-refractivity contribution in [3.05, 3.63) is 76.8 Å². The van der Waals surface area contributed by atoms with Crippen molar-refractivity contribution in [3.63, 3.8) is 0 Å². The smallest absolute Gasteiger partial charge is 0.209 e. The lowest BCUT2D eigenvalue weighted by Gasteiger charge is -2.09. The number of hydrogen-bond acceptors (Lipinski definition) is 4. The second kappa shape index (κ2) is 5.88. The van der Waals surface area contributed by atoms with Crippen LogP contribution in [-0.2, 0) is 0 Å². The molecule has 4 aromatic heterocycles. The van der Waals surface area contributed by atoms with Gasteiger partial charge in [-0.2, -0.15) is 0 Å². The van der Waals surface area contributed by atoms with E-state index in [1.165, 1.54) is 6.07 Å². The molecule has 27 heavy (non-hydrogen) atoms. The number of benzene rings is 1. The number of rotatable bonds is 2.